The zero-order valence-electron chi connectivity index (χ0n) is 10.5. The van der Waals surface area contributed by atoms with Crippen LogP contribution in [-0.2, 0) is 10.0 Å². The van der Waals surface area contributed by atoms with Crippen molar-refractivity contribution in [2.75, 3.05) is 6.54 Å². The molecule has 18 heavy (non-hydrogen) atoms. The van der Waals surface area contributed by atoms with E-state index in [1.54, 1.807) is 24.3 Å². The number of aliphatic hydroxyl groups is 1. The molecule has 4 nitrogen and oxygen atoms in total. The molecule has 1 aliphatic carbocycles. The monoisotopic (exact) mass is 269 g/mol. The van der Waals surface area contributed by atoms with Crippen molar-refractivity contribution in [1.82, 2.24) is 4.72 Å². The van der Waals surface area contributed by atoms with Crippen LogP contribution in [0.1, 0.15) is 24.8 Å². The topological polar surface area (TPSA) is 66.4 Å². The summed E-state index contributed by atoms with van der Waals surface area (Å²) in [6, 6.07) is 6.75. The Morgan fingerprint density at radius 3 is 2.50 bits per heavy atom. The van der Waals surface area contributed by atoms with Crippen LogP contribution in [0.4, 0.5) is 0 Å². The zero-order chi connectivity index (χ0) is 13.2. The Labute approximate surface area is 108 Å². The van der Waals surface area contributed by atoms with Crippen molar-refractivity contribution in [2.45, 2.75) is 37.2 Å². The Bertz CT molecular complexity index is 495. The molecule has 1 fully saturated rings. The summed E-state index contributed by atoms with van der Waals surface area (Å²) in [5, 5.41) is 9.66. The van der Waals surface area contributed by atoms with Crippen molar-refractivity contribution < 1.29 is 13.5 Å². The van der Waals surface area contributed by atoms with Gasteiger partial charge in [-0.1, -0.05) is 24.1 Å². The molecule has 0 heterocycles. The molecule has 0 amide bonds. The van der Waals surface area contributed by atoms with E-state index in [0.29, 0.717) is 6.54 Å². The molecular weight excluding hydrogens is 250 g/mol. The van der Waals surface area contributed by atoms with Gasteiger partial charge in [-0.25, -0.2) is 13.1 Å². The molecule has 2 atom stereocenters. The number of rotatable bonds is 4. The van der Waals surface area contributed by atoms with Gasteiger partial charge < -0.3 is 5.11 Å². The van der Waals surface area contributed by atoms with Gasteiger partial charge in [0.25, 0.3) is 0 Å². The Morgan fingerprint density at radius 2 is 1.94 bits per heavy atom. The summed E-state index contributed by atoms with van der Waals surface area (Å²) in [5.74, 6) is 0.0465. The Balaban J connectivity index is 2.01. The van der Waals surface area contributed by atoms with Crippen LogP contribution in [0.2, 0.25) is 0 Å². The van der Waals surface area contributed by atoms with Crippen LogP contribution in [0.15, 0.2) is 29.2 Å². The molecule has 2 unspecified atom stereocenters. The van der Waals surface area contributed by atoms with Gasteiger partial charge in [0.15, 0.2) is 0 Å². The van der Waals surface area contributed by atoms with E-state index < -0.39 is 10.0 Å². The van der Waals surface area contributed by atoms with Gasteiger partial charge in [-0.2, -0.15) is 0 Å². The average Bonchev–Trinajstić information content (AvgIpc) is 2.73. The molecule has 2 N–H and O–H groups in total. The van der Waals surface area contributed by atoms with Gasteiger partial charge in [-0.05, 0) is 37.8 Å². The SMILES string of the molecule is Cc1ccc(S(=O)(=O)NCC2CCCC2O)cc1. The van der Waals surface area contributed by atoms with Crippen LogP contribution in [-0.4, -0.2) is 26.2 Å². The standard InChI is InChI=1S/C13H19NO3S/c1-10-5-7-12(8-6-10)18(16,17)14-9-11-3-2-4-13(11)15/h5-8,11,13-15H,2-4,9H2,1H3. The van der Waals surface area contributed by atoms with E-state index >= 15 is 0 Å². The number of hydrogen-bond donors (Lipinski definition) is 2. The Hall–Kier alpha value is -0.910. The van der Waals surface area contributed by atoms with Crippen LogP contribution in [0.5, 0.6) is 0 Å². The third-order valence-electron chi connectivity index (χ3n) is 3.49. The van der Waals surface area contributed by atoms with Crippen LogP contribution in [0.25, 0.3) is 0 Å². The number of sulfonamides is 1. The van der Waals surface area contributed by atoms with Gasteiger partial charge in [0.1, 0.15) is 0 Å². The summed E-state index contributed by atoms with van der Waals surface area (Å²) in [6.07, 6.45) is 2.26. The molecule has 1 aliphatic rings. The van der Waals surface area contributed by atoms with Crippen LogP contribution in [0, 0.1) is 12.8 Å². The van der Waals surface area contributed by atoms with E-state index in [4.69, 9.17) is 0 Å². The number of aliphatic hydroxyl groups excluding tert-OH is 1. The van der Waals surface area contributed by atoms with Crippen molar-refractivity contribution in [2.24, 2.45) is 5.92 Å². The minimum atomic E-state index is -3.45. The fourth-order valence-electron chi connectivity index (χ4n) is 2.27. The summed E-state index contributed by atoms with van der Waals surface area (Å²) < 4.78 is 26.6. The first-order valence-electron chi connectivity index (χ1n) is 6.23. The third kappa shape index (κ3) is 3.10. The van der Waals surface area contributed by atoms with E-state index in [1.165, 1.54) is 0 Å². The highest BCUT2D eigenvalue weighted by molar-refractivity contribution is 7.89. The number of hydrogen-bond acceptors (Lipinski definition) is 3. The largest absolute Gasteiger partial charge is 0.393 e. The molecule has 0 aliphatic heterocycles. The van der Waals surface area contributed by atoms with Crippen molar-refractivity contribution in [1.29, 1.82) is 0 Å². The highest BCUT2D eigenvalue weighted by Gasteiger charge is 2.26. The first-order chi connectivity index (χ1) is 8.49. The first kappa shape index (κ1) is 13.5. The molecule has 2 rings (SSSR count). The van der Waals surface area contributed by atoms with E-state index in [1.807, 2.05) is 6.92 Å². The highest BCUT2D eigenvalue weighted by Crippen LogP contribution is 2.25. The van der Waals surface area contributed by atoms with Crippen LogP contribution >= 0.6 is 0 Å². The lowest BCUT2D eigenvalue weighted by Gasteiger charge is -2.15. The minimum Gasteiger partial charge on any atom is -0.393 e. The highest BCUT2D eigenvalue weighted by atomic mass is 32.2. The van der Waals surface area contributed by atoms with Gasteiger partial charge in [0, 0.05) is 6.54 Å². The lowest BCUT2D eigenvalue weighted by atomic mass is 10.1. The van der Waals surface area contributed by atoms with E-state index in [-0.39, 0.29) is 16.9 Å². The second kappa shape index (κ2) is 5.38. The molecule has 0 radical (unpaired) electrons. The molecule has 1 aromatic carbocycles. The van der Waals surface area contributed by atoms with Gasteiger partial charge in [0.2, 0.25) is 10.0 Å². The number of aryl methyl sites for hydroxylation is 1. The lowest BCUT2D eigenvalue weighted by molar-refractivity contribution is 0.134. The molecule has 0 aromatic heterocycles. The maximum atomic E-state index is 12.0. The van der Waals surface area contributed by atoms with Crippen LogP contribution < -0.4 is 4.72 Å². The van der Waals surface area contributed by atoms with Crippen molar-refractivity contribution in [3.05, 3.63) is 29.8 Å². The van der Waals surface area contributed by atoms with E-state index in [2.05, 4.69) is 4.72 Å². The normalized spacial score (nSPS) is 24.3. The second-order valence-electron chi connectivity index (χ2n) is 4.92. The van der Waals surface area contributed by atoms with E-state index in [0.717, 1.165) is 24.8 Å². The molecule has 1 aromatic rings. The Kier molecular flexibility index (Phi) is 4.04. The zero-order valence-corrected chi connectivity index (χ0v) is 11.3. The number of nitrogens with one attached hydrogen (secondary N) is 1. The molecule has 0 spiro atoms. The lowest BCUT2D eigenvalue weighted by Crippen LogP contribution is -2.32. The van der Waals surface area contributed by atoms with Crippen molar-refractivity contribution in [3.63, 3.8) is 0 Å². The predicted molar refractivity (Wildman–Crippen MR) is 69.7 cm³/mol. The molecule has 0 saturated heterocycles. The van der Waals surface area contributed by atoms with Crippen molar-refractivity contribution >= 4 is 10.0 Å². The predicted octanol–water partition coefficient (Wildman–Crippen LogP) is 1.43. The minimum absolute atomic E-state index is 0.0465. The van der Waals surface area contributed by atoms with Gasteiger partial charge in [0.05, 0.1) is 11.0 Å². The summed E-state index contributed by atoms with van der Waals surface area (Å²) in [7, 11) is -3.45. The van der Waals surface area contributed by atoms with Gasteiger partial charge in [-0.3, -0.25) is 0 Å². The summed E-state index contributed by atoms with van der Waals surface area (Å²) in [5.41, 5.74) is 1.03. The summed E-state index contributed by atoms with van der Waals surface area (Å²) in [6.45, 7) is 2.23. The maximum absolute atomic E-state index is 12.0. The molecule has 100 valence electrons. The molecule has 1 saturated carbocycles. The van der Waals surface area contributed by atoms with Gasteiger partial charge >= 0.3 is 0 Å². The Morgan fingerprint density at radius 1 is 1.28 bits per heavy atom. The second-order valence-corrected chi connectivity index (χ2v) is 6.69. The average molecular weight is 269 g/mol. The fourth-order valence-corrected chi connectivity index (χ4v) is 3.37. The third-order valence-corrected chi connectivity index (χ3v) is 4.93. The molecular formula is C13H19NO3S. The number of benzene rings is 1. The maximum Gasteiger partial charge on any atom is 0.240 e. The van der Waals surface area contributed by atoms with E-state index in [9.17, 15) is 13.5 Å². The van der Waals surface area contributed by atoms with Crippen molar-refractivity contribution in [3.8, 4) is 0 Å². The summed E-state index contributed by atoms with van der Waals surface area (Å²) in [4.78, 5) is 0.278. The quantitative estimate of drug-likeness (QED) is 0.869. The fraction of sp³-hybridized carbons (Fsp3) is 0.538. The molecule has 5 heteroatoms. The van der Waals surface area contributed by atoms with Crippen LogP contribution in [0.3, 0.4) is 0 Å². The molecule has 0 bridgehead atoms. The first-order valence-corrected chi connectivity index (χ1v) is 7.72. The van der Waals surface area contributed by atoms with Gasteiger partial charge in [-0.15, -0.1) is 0 Å². The smallest absolute Gasteiger partial charge is 0.240 e. The summed E-state index contributed by atoms with van der Waals surface area (Å²) >= 11 is 0.